The Bertz CT molecular complexity index is 425. The molecular weight excluding hydrogens is 266 g/mol. The summed E-state index contributed by atoms with van der Waals surface area (Å²) in [6.07, 6.45) is 11.0. The Morgan fingerprint density at radius 1 is 1.38 bits per heavy atom. The molecule has 1 amide bonds. The molecule has 0 aromatic carbocycles. The van der Waals surface area contributed by atoms with E-state index in [1.54, 1.807) is 0 Å². The third-order valence-corrected chi connectivity index (χ3v) is 3.93. The normalized spacial score (nSPS) is 18.0. The van der Waals surface area contributed by atoms with Crippen molar-refractivity contribution in [2.45, 2.75) is 64.3 Å². The lowest BCUT2D eigenvalue weighted by Crippen LogP contribution is -2.25. The van der Waals surface area contributed by atoms with Crippen molar-refractivity contribution in [2.75, 3.05) is 13.1 Å². The third kappa shape index (κ3) is 5.16. The van der Waals surface area contributed by atoms with Crippen molar-refractivity contribution in [3.05, 3.63) is 17.8 Å². The summed E-state index contributed by atoms with van der Waals surface area (Å²) in [7, 11) is 0. The molecule has 1 aromatic rings. The van der Waals surface area contributed by atoms with Crippen LogP contribution in [0.25, 0.3) is 0 Å². The molecule has 0 bridgehead atoms. The van der Waals surface area contributed by atoms with Crippen molar-refractivity contribution in [3.8, 4) is 0 Å². The van der Waals surface area contributed by atoms with Crippen LogP contribution in [0.4, 0.5) is 0 Å². The second-order valence-corrected chi connectivity index (χ2v) is 5.74. The first-order valence-electron chi connectivity index (χ1n) is 8.28. The lowest BCUT2D eigenvalue weighted by molar-refractivity contribution is 0.0948. The van der Waals surface area contributed by atoms with Gasteiger partial charge in [0.15, 0.2) is 5.69 Å². The van der Waals surface area contributed by atoms with Crippen LogP contribution >= 0.6 is 0 Å². The molecule has 1 aromatic heterocycles. The summed E-state index contributed by atoms with van der Waals surface area (Å²) in [5.41, 5.74) is 0.393. The highest BCUT2D eigenvalue weighted by atomic mass is 16.3. The molecule has 1 atom stereocenters. The van der Waals surface area contributed by atoms with Crippen molar-refractivity contribution in [2.24, 2.45) is 0 Å². The molecule has 5 nitrogen and oxygen atoms in total. The maximum absolute atomic E-state index is 12.0. The minimum Gasteiger partial charge on any atom is -0.446 e. The van der Waals surface area contributed by atoms with Gasteiger partial charge in [0.25, 0.3) is 5.91 Å². The highest BCUT2D eigenvalue weighted by Gasteiger charge is 2.22. The average molecular weight is 293 g/mol. The van der Waals surface area contributed by atoms with Crippen LogP contribution < -0.4 is 10.6 Å². The first kappa shape index (κ1) is 16.0. The van der Waals surface area contributed by atoms with Crippen LogP contribution in [0.1, 0.15) is 80.7 Å². The van der Waals surface area contributed by atoms with Crippen molar-refractivity contribution < 1.29 is 9.21 Å². The van der Waals surface area contributed by atoms with Gasteiger partial charge in [-0.1, -0.05) is 39.0 Å². The van der Waals surface area contributed by atoms with Gasteiger partial charge in [0, 0.05) is 6.54 Å². The number of rotatable bonds is 9. The Balaban J connectivity index is 1.64. The molecule has 1 aliphatic rings. The average Bonchev–Trinajstić information content (AvgIpc) is 3.16. The Morgan fingerprint density at radius 2 is 2.19 bits per heavy atom. The molecule has 1 saturated heterocycles. The topological polar surface area (TPSA) is 67.2 Å². The van der Waals surface area contributed by atoms with Crippen molar-refractivity contribution >= 4 is 5.91 Å². The first-order valence-corrected chi connectivity index (χ1v) is 8.28. The molecule has 1 fully saturated rings. The van der Waals surface area contributed by atoms with Gasteiger partial charge in [0.05, 0.1) is 6.04 Å². The number of hydrogen-bond donors (Lipinski definition) is 2. The molecule has 0 spiro atoms. The molecule has 21 heavy (non-hydrogen) atoms. The van der Waals surface area contributed by atoms with E-state index in [-0.39, 0.29) is 11.9 Å². The van der Waals surface area contributed by atoms with Crippen molar-refractivity contribution in [1.82, 2.24) is 15.6 Å². The van der Waals surface area contributed by atoms with Crippen LogP contribution in [0.3, 0.4) is 0 Å². The second kappa shape index (κ2) is 8.82. The standard InChI is InChI=1S/C16H27N3O2/c1-2-3-4-5-6-7-10-18-15(20)14-12-21-16(19-14)13-9-8-11-17-13/h12-13,17H,2-11H2,1H3,(H,18,20). The molecule has 5 heteroatoms. The highest BCUT2D eigenvalue weighted by molar-refractivity contribution is 5.91. The number of nitrogens with one attached hydrogen (secondary N) is 2. The number of unbranched alkanes of at least 4 members (excludes halogenated alkanes) is 5. The number of nitrogens with zero attached hydrogens (tertiary/aromatic N) is 1. The summed E-state index contributed by atoms with van der Waals surface area (Å²) in [6, 6.07) is 0.171. The van der Waals surface area contributed by atoms with E-state index in [0.29, 0.717) is 11.6 Å². The van der Waals surface area contributed by atoms with Crippen LogP contribution in [0.15, 0.2) is 10.7 Å². The van der Waals surface area contributed by atoms with Crippen LogP contribution in [0, 0.1) is 0 Å². The van der Waals surface area contributed by atoms with E-state index in [1.807, 2.05) is 0 Å². The SMILES string of the molecule is CCCCCCCCNC(=O)c1coc(C2CCCN2)n1. The van der Waals surface area contributed by atoms with E-state index >= 15 is 0 Å². The van der Waals surface area contributed by atoms with Gasteiger partial charge in [-0.25, -0.2) is 4.98 Å². The number of amides is 1. The quantitative estimate of drug-likeness (QED) is 0.686. The first-order chi connectivity index (χ1) is 10.3. The van der Waals surface area contributed by atoms with E-state index in [1.165, 1.54) is 38.4 Å². The van der Waals surface area contributed by atoms with E-state index in [9.17, 15) is 4.79 Å². The fraction of sp³-hybridized carbons (Fsp3) is 0.750. The van der Waals surface area contributed by atoms with Crippen LogP contribution in [-0.4, -0.2) is 24.0 Å². The van der Waals surface area contributed by atoms with E-state index in [0.717, 1.165) is 32.4 Å². The number of aromatic nitrogens is 1. The van der Waals surface area contributed by atoms with Gasteiger partial charge in [-0.05, 0) is 25.8 Å². The minimum atomic E-state index is -0.128. The van der Waals surface area contributed by atoms with E-state index < -0.39 is 0 Å². The smallest absolute Gasteiger partial charge is 0.273 e. The molecule has 1 aliphatic heterocycles. The molecule has 118 valence electrons. The van der Waals surface area contributed by atoms with Gasteiger partial charge in [-0.15, -0.1) is 0 Å². The zero-order valence-electron chi connectivity index (χ0n) is 13.0. The molecular formula is C16H27N3O2. The number of carbonyl (C=O) groups excluding carboxylic acids is 1. The zero-order chi connectivity index (χ0) is 14.9. The van der Waals surface area contributed by atoms with Gasteiger partial charge >= 0.3 is 0 Å². The number of hydrogen-bond acceptors (Lipinski definition) is 4. The molecule has 2 N–H and O–H groups in total. The zero-order valence-corrected chi connectivity index (χ0v) is 13.0. The van der Waals surface area contributed by atoms with Crippen LogP contribution in [0.5, 0.6) is 0 Å². The predicted molar refractivity (Wildman–Crippen MR) is 82.2 cm³/mol. The number of carbonyl (C=O) groups is 1. The summed E-state index contributed by atoms with van der Waals surface area (Å²) in [4.78, 5) is 16.2. The number of oxazole rings is 1. The van der Waals surface area contributed by atoms with Gasteiger partial charge < -0.3 is 15.1 Å². The fourth-order valence-electron chi connectivity index (χ4n) is 2.65. The Morgan fingerprint density at radius 3 is 2.95 bits per heavy atom. The van der Waals surface area contributed by atoms with E-state index in [2.05, 4.69) is 22.5 Å². The van der Waals surface area contributed by atoms with Gasteiger partial charge in [-0.2, -0.15) is 0 Å². The highest BCUT2D eigenvalue weighted by Crippen LogP contribution is 2.22. The summed E-state index contributed by atoms with van der Waals surface area (Å²) in [6.45, 7) is 3.93. The second-order valence-electron chi connectivity index (χ2n) is 5.74. The summed E-state index contributed by atoms with van der Waals surface area (Å²) in [5, 5.41) is 6.23. The predicted octanol–water partition coefficient (Wildman–Crippen LogP) is 3.19. The maximum Gasteiger partial charge on any atom is 0.273 e. The Hall–Kier alpha value is -1.36. The minimum absolute atomic E-state index is 0.128. The fourth-order valence-corrected chi connectivity index (χ4v) is 2.65. The molecule has 0 aliphatic carbocycles. The van der Waals surface area contributed by atoms with Crippen molar-refractivity contribution in [1.29, 1.82) is 0 Å². The lowest BCUT2D eigenvalue weighted by Gasteiger charge is -2.04. The third-order valence-electron chi connectivity index (χ3n) is 3.93. The largest absolute Gasteiger partial charge is 0.446 e. The Labute approximate surface area is 126 Å². The summed E-state index contributed by atoms with van der Waals surface area (Å²) in [5.74, 6) is 0.508. The maximum atomic E-state index is 12.0. The Kier molecular flexibility index (Phi) is 6.73. The lowest BCUT2D eigenvalue weighted by atomic mass is 10.1. The summed E-state index contributed by atoms with van der Waals surface area (Å²) < 4.78 is 5.41. The summed E-state index contributed by atoms with van der Waals surface area (Å²) >= 11 is 0. The molecule has 2 rings (SSSR count). The van der Waals surface area contributed by atoms with E-state index in [4.69, 9.17) is 4.42 Å². The van der Waals surface area contributed by atoms with Gasteiger partial charge in [0.2, 0.25) is 5.89 Å². The van der Waals surface area contributed by atoms with Gasteiger partial charge in [-0.3, -0.25) is 4.79 Å². The molecule has 1 unspecified atom stereocenters. The van der Waals surface area contributed by atoms with Crippen molar-refractivity contribution in [3.63, 3.8) is 0 Å². The van der Waals surface area contributed by atoms with Crippen LogP contribution in [-0.2, 0) is 0 Å². The molecule has 0 radical (unpaired) electrons. The monoisotopic (exact) mass is 293 g/mol. The molecule has 2 heterocycles. The van der Waals surface area contributed by atoms with Gasteiger partial charge in [0.1, 0.15) is 6.26 Å². The van der Waals surface area contributed by atoms with Crippen LogP contribution in [0.2, 0.25) is 0 Å². The molecule has 0 saturated carbocycles.